The van der Waals surface area contributed by atoms with E-state index in [1.54, 1.807) is 7.11 Å². The maximum atomic E-state index is 8.91. The van der Waals surface area contributed by atoms with E-state index < -0.39 is 0 Å². The Bertz CT molecular complexity index is 289. The van der Waals surface area contributed by atoms with Gasteiger partial charge in [-0.2, -0.15) is 4.37 Å². The topological polar surface area (TPSA) is 74.6 Å². The molecule has 0 spiro atoms. The molecule has 1 heterocycles. The highest BCUT2D eigenvalue weighted by Gasteiger charge is 2.14. The van der Waals surface area contributed by atoms with Gasteiger partial charge < -0.3 is 20.3 Å². The van der Waals surface area contributed by atoms with Crippen LogP contribution in [0.2, 0.25) is 0 Å². The molecule has 15 heavy (non-hydrogen) atoms. The third-order valence-electron chi connectivity index (χ3n) is 2.07. The van der Waals surface area contributed by atoms with E-state index in [9.17, 15) is 0 Å². The second-order valence-corrected chi connectivity index (χ2v) is 4.06. The van der Waals surface area contributed by atoms with Gasteiger partial charge in [0.1, 0.15) is 0 Å². The van der Waals surface area contributed by atoms with Crippen molar-refractivity contribution < 1.29 is 14.9 Å². The first kappa shape index (κ1) is 12.4. The van der Waals surface area contributed by atoms with Crippen LogP contribution >= 0.6 is 11.5 Å². The van der Waals surface area contributed by atoms with Gasteiger partial charge in [0.15, 0.2) is 0 Å². The van der Waals surface area contributed by atoms with Crippen LogP contribution in [0.15, 0.2) is 6.07 Å². The van der Waals surface area contributed by atoms with Crippen LogP contribution in [0.1, 0.15) is 17.8 Å². The minimum absolute atomic E-state index is 0.0377. The predicted octanol–water partition coefficient (Wildman–Crippen LogP) is 0.156. The highest BCUT2D eigenvalue weighted by atomic mass is 32.1. The van der Waals surface area contributed by atoms with E-state index in [0.717, 1.165) is 4.88 Å². The van der Waals surface area contributed by atoms with Crippen LogP contribution in [0.3, 0.4) is 0 Å². The van der Waals surface area contributed by atoms with Gasteiger partial charge in [-0.15, -0.1) is 0 Å². The lowest BCUT2D eigenvalue weighted by Gasteiger charge is -2.18. The Morgan fingerprint density at radius 2 is 2.20 bits per heavy atom. The summed E-state index contributed by atoms with van der Waals surface area (Å²) in [7, 11) is 1.57. The lowest BCUT2D eigenvalue weighted by molar-refractivity contribution is 0.164. The molecule has 1 unspecified atom stereocenters. The van der Waals surface area contributed by atoms with Gasteiger partial charge in [0.25, 0.3) is 0 Å². The van der Waals surface area contributed by atoms with Crippen molar-refractivity contribution in [3.05, 3.63) is 10.9 Å². The maximum Gasteiger partial charge on any atom is 0.225 e. The molecule has 0 saturated heterocycles. The van der Waals surface area contributed by atoms with Crippen molar-refractivity contribution in [1.82, 2.24) is 9.69 Å². The summed E-state index contributed by atoms with van der Waals surface area (Å²) >= 11 is 1.34. The zero-order chi connectivity index (χ0) is 11.3. The van der Waals surface area contributed by atoms with E-state index in [1.165, 1.54) is 11.5 Å². The summed E-state index contributed by atoms with van der Waals surface area (Å²) in [6.07, 6.45) is 0. The van der Waals surface area contributed by atoms with Gasteiger partial charge in [0, 0.05) is 17.0 Å². The van der Waals surface area contributed by atoms with Crippen molar-refractivity contribution >= 4 is 11.5 Å². The van der Waals surface area contributed by atoms with Crippen LogP contribution < -0.4 is 10.1 Å². The highest BCUT2D eigenvalue weighted by Crippen LogP contribution is 2.22. The van der Waals surface area contributed by atoms with E-state index >= 15 is 0 Å². The molecule has 0 fully saturated rings. The number of aliphatic hydroxyl groups is 2. The standard InChI is InChI=1S/C9H16N2O3S/c1-6(10-7(4-12)5-13)8-3-9(14-2)11-15-8/h3,6-7,10,12-13H,4-5H2,1-2H3. The van der Waals surface area contributed by atoms with Crippen LogP contribution in [-0.4, -0.2) is 41.0 Å². The quantitative estimate of drug-likeness (QED) is 0.651. The van der Waals surface area contributed by atoms with Gasteiger partial charge in [-0.1, -0.05) is 0 Å². The minimum Gasteiger partial charge on any atom is -0.480 e. The number of nitrogens with one attached hydrogen (secondary N) is 1. The van der Waals surface area contributed by atoms with Gasteiger partial charge in [0.05, 0.1) is 26.4 Å². The fourth-order valence-electron chi connectivity index (χ4n) is 1.17. The second kappa shape index (κ2) is 6.02. The molecular weight excluding hydrogens is 216 g/mol. The molecule has 0 aliphatic carbocycles. The summed E-state index contributed by atoms with van der Waals surface area (Å²) in [6.45, 7) is 1.78. The minimum atomic E-state index is -0.298. The molecule has 0 aromatic carbocycles. The highest BCUT2D eigenvalue weighted by molar-refractivity contribution is 7.06. The number of hydrogen-bond donors (Lipinski definition) is 3. The number of nitrogens with zero attached hydrogens (tertiary/aromatic N) is 1. The molecule has 0 aliphatic heterocycles. The summed E-state index contributed by atoms with van der Waals surface area (Å²) in [5.41, 5.74) is 0. The molecule has 1 atom stereocenters. The van der Waals surface area contributed by atoms with E-state index in [1.807, 2.05) is 13.0 Å². The summed E-state index contributed by atoms with van der Waals surface area (Å²) in [6, 6.07) is 1.58. The summed E-state index contributed by atoms with van der Waals surface area (Å²) < 4.78 is 9.04. The lowest BCUT2D eigenvalue weighted by atomic mass is 10.2. The summed E-state index contributed by atoms with van der Waals surface area (Å²) in [5, 5.41) is 20.9. The molecule has 5 nitrogen and oxygen atoms in total. The van der Waals surface area contributed by atoms with E-state index in [2.05, 4.69) is 9.69 Å². The van der Waals surface area contributed by atoms with Crippen molar-refractivity contribution in [2.24, 2.45) is 0 Å². The third kappa shape index (κ3) is 3.42. The Hall–Kier alpha value is -0.690. The van der Waals surface area contributed by atoms with E-state index in [-0.39, 0.29) is 25.3 Å². The summed E-state index contributed by atoms with van der Waals surface area (Å²) in [4.78, 5) is 1.01. The van der Waals surface area contributed by atoms with E-state index in [0.29, 0.717) is 5.88 Å². The normalized spacial score (nSPS) is 13.1. The third-order valence-corrected chi connectivity index (χ3v) is 3.02. The number of ether oxygens (including phenoxy) is 1. The number of hydrogen-bond acceptors (Lipinski definition) is 6. The molecule has 3 N–H and O–H groups in total. The van der Waals surface area contributed by atoms with Gasteiger partial charge in [-0.25, -0.2) is 0 Å². The van der Waals surface area contributed by atoms with Gasteiger partial charge in [-0.05, 0) is 18.5 Å². The fraction of sp³-hybridized carbons (Fsp3) is 0.667. The molecule has 1 rings (SSSR count). The first-order chi connectivity index (χ1) is 7.21. The molecule has 0 radical (unpaired) electrons. The SMILES string of the molecule is COc1cc(C(C)NC(CO)CO)sn1. The summed E-state index contributed by atoms with van der Waals surface area (Å²) in [5.74, 6) is 0.591. The van der Waals surface area contributed by atoms with Crippen molar-refractivity contribution in [3.63, 3.8) is 0 Å². The monoisotopic (exact) mass is 232 g/mol. The largest absolute Gasteiger partial charge is 0.480 e. The zero-order valence-electron chi connectivity index (χ0n) is 8.80. The molecule has 1 aromatic heterocycles. The molecular formula is C9H16N2O3S. The zero-order valence-corrected chi connectivity index (χ0v) is 9.62. The molecule has 86 valence electrons. The molecule has 0 aliphatic rings. The Morgan fingerprint density at radius 1 is 1.53 bits per heavy atom. The lowest BCUT2D eigenvalue weighted by Crippen LogP contribution is -2.37. The van der Waals surface area contributed by atoms with Crippen molar-refractivity contribution in [3.8, 4) is 5.88 Å². The van der Waals surface area contributed by atoms with Gasteiger partial charge >= 0.3 is 0 Å². The fourth-order valence-corrected chi connectivity index (χ4v) is 1.87. The number of rotatable bonds is 6. The predicted molar refractivity (Wildman–Crippen MR) is 58.2 cm³/mol. The van der Waals surface area contributed by atoms with Crippen LogP contribution in [0.5, 0.6) is 5.88 Å². The molecule has 0 saturated carbocycles. The van der Waals surface area contributed by atoms with Gasteiger partial charge in [-0.3, -0.25) is 0 Å². The van der Waals surface area contributed by atoms with Crippen LogP contribution in [0.4, 0.5) is 0 Å². The van der Waals surface area contributed by atoms with E-state index in [4.69, 9.17) is 14.9 Å². The Kier molecular flexibility index (Phi) is 4.97. The van der Waals surface area contributed by atoms with Crippen molar-refractivity contribution in [2.45, 2.75) is 19.0 Å². The van der Waals surface area contributed by atoms with Crippen LogP contribution in [0.25, 0.3) is 0 Å². The first-order valence-electron chi connectivity index (χ1n) is 4.69. The Morgan fingerprint density at radius 3 is 2.67 bits per heavy atom. The molecule has 0 bridgehead atoms. The molecule has 6 heteroatoms. The Labute approximate surface area is 92.9 Å². The number of methoxy groups -OCH3 is 1. The van der Waals surface area contributed by atoms with Crippen LogP contribution in [0, 0.1) is 0 Å². The van der Waals surface area contributed by atoms with Gasteiger partial charge in [0.2, 0.25) is 5.88 Å². The Balaban J connectivity index is 2.55. The smallest absolute Gasteiger partial charge is 0.225 e. The molecule has 1 aromatic rings. The average molecular weight is 232 g/mol. The average Bonchev–Trinajstić information content (AvgIpc) is 2.74. The van der Waals surface area contributed by atoms with Crippen molar-refractivity contribution in [2.75, 3.05) is 20.3 Å². The number of aliphatic hydroxyl groups excluding tert-OH is 2. The first-order valence-corrected chi connectivity index (χ1v) is 5.47. The maximum absolute atomic E-state index is 8.91. The second-order valence-electron chi connectivity index (χ2n) is 3.22. The van der Waals surface area contributed by atoms with Crippen molar-refractivity contribution in [1.29, 1.82) is 0 Å². The number of aromatic nitrogens is 1. The molecule has 0 amide bonds. The van der Waals surface area contributed by atoms with Crippen LogP contribution in [-0.2, 0) is 0 Å².